The molecule has 1 heterocycles. The molecule has 1 fully saturated rings. The van der Waals surface area contributed by atoms with Crippen molar-refractivity contribution in [3.05, 3.63) is 41.6 Å². The van der Waals surface area contributed by atoms with Crippen LogP contribution in [-0.4, -0.2) is 18.2 Å². The van der Waals surface area contributed by atoms with Crippen molar-refractivity contribution >= 4 is 15.8 Å². The van der Waals surface area contributed by atoms with Crippen LogP contribution in [0.2, 0.25) is 0 Å². The minimum atomic E-state index is -4.13. The van der Waals surface area contributed by atoms with Gasteiger partial charge in [-0.25, -0.2) is 17.2 Å². The van der Waals surface area contributed by atoms with E-state index < -0.39 is 26.6 Å². The van der Waals surface area contributed by atoms with Crippen LogP contribution < -0.4 is 4.72 Å². The third kappa shape index (κ3) is 2.76. The normalized spacial score (nSPS) is 15.2. The van der Waals surface area contributed by atoms with Crippen LogP contribution in [0, 0.1) is 11.6 Å². The lowest BCUT2D eigenvalue weighted by atomic mass is 10.3. The molecule has 0 atom stereocenters. The van der Waals surface area contributed by atoms with Crippen molar-refractivity contribution in [1.82, 2.24) is 9.78 Å². The number of hydrogen-bond acceptors (Lipinski definition) is 3. The Kier molecular flexibility index (Phi) is 3.20. The Labute approximate surface area is 120 Å². The van der Waals surface area contributed by atoms with Crippen LogP contribution in [-0.2, 0) is 17.1 Å². The molecule has 3 rings (SSSR count). The fraction of sp³-hybridized carbons (Fsp3) is 0.308. The van der Waals surface area contributed by atoms with Gasteiger partial charge in [0, 0.05) is 25.1 Å². The van der Waals surface area contributed by atoms with Gasteiger partial charge in [-0.1, -0.05) is 0 Å². The van der Waals surface area contributed by atoms with Gasteiger partial charge in [-0.3, -0.25) is 9.40 Å². The zero-order chi connectivity index (χ0) is 15.2. The number of hydrogen-bond donors (Lipinski definition) is 1. The first kappa shape index (κ1) is 14.0. The van der Waals surface area contributed by atoms with Crippen molar-refractivity contribution in [3.63, 3.8) is 0 Å². The lowest BCUT2D eigenvalue weighted by Gasteiger charge is -2.08. The number of nitrogens with one attached hydrogen (secondary N) is 1. The first-order valence-electron chi connectivity index (χ1n) is 6.38. The third-order valence-corrected chi connectivity index (χ3v) is 4.70. The number of nitrogens with zero attached hydrogens (tertiary/aromatic N) is 2. The molecule has 1 N–H and O–H groups in total. The van der Waals surface area contributed by atoms with Gasteiger partial charge in [0.25, 0.3) is 10.0 Å². The molecular weight excluding hydrogens is 300 g/mol. The second-order valence-electron chi connectivity index (χ2n) is 5.03. The topological polar surface area (TPSA) is 64.0 Å². The average molecular weight is 313 g/mol. The second kappa shape index (κ2) is 4.80. The smallest absolute Gasteiger partial charge is 0.263 e. The van der Waals surface area contributed by atoms with Crippen molar-refractivity contribution in [1.29, 1.82) is 0 Å². The fourth-order valence-corrected chi connectivity index (χ4v) is 3.19. The van der Waals surface area contributed by atoms with E-state index in [1.165, 1.54) is 4.68 Å². The van der Waals surface area contributed by atoms with E-state index in [2.05, 4.69) is 9.82 Å². The van der Waals surface area contributed by atoms with Gasteiger partial charge in [-0.05, 0) is 25.0 Å². The molecule has 1 aromatic heterocycles. The Morgan fingerprint density at radius 2 is 2.00 bits per heavy atom. The first-order chi connectivity index (χ1) is 9.87. The molecule has 21 heavy (non-hydrogen) atoms. The molecule has 0 bridgehead atoms. The van der Waals surface area contributed by atoms with Crippen molar-refractivity contribution in [2.24, 2.45) is 7.05 Å². The number of aryl methyl sites for hydroxylation is 1. The highest BCUT2D eigenvalue weighted by Crippen LogP contribution is 2.40. The highest BCUT2D eigenvalue weighted by molar-refractivity contribution is 7.92. The molecule has 0 unspecified atom stereocenters. The minimum absolute atomic E-state index is 0.251. The Morgan fingerprint density at radius 3 is 2.62 bits per heavy atom. The van der Waals surface area contributed by atoms with Crippen LogP contribution in [0.15, 0.2) is 29.2 Å². The van der Waals surface area contributed by atoms with Crippen molar-refractivity contribution in [2.45, 2.75) is 23.7 Å². The number of sulfonamides is 1. The molecule has 5 nitrogen and oxygen atoms in total. The van der Waals surface area contributed by atoms with Gasteiger partial charge in [0.2, 0.25) is 0 Å². The molecule has 0 aliphatic heterocycles. The predicted octanol–water partition coefficient (Wildman–Crippen LogP) is 2.38. The summed E-state index contributed by atoms with van der Waals surface area (Å²) < 4.78 is 54.5. The standard InChI is InChI=1S/C13H13F2N3O2S/c1-18-13(7-11(16-18)8-2-3-8)17-21(19,20)12-5-4-9(14)6-10(12)15/h4-8,17H,2-3H2,1H3. The number of rotatable bonds is 4. The van der Waals surface area contributed by atoms with E-state index in [0.717, 1.165) is 30.7 Å². The van der Waals surface area contributed by atoms with Crippen LogP contribution in [0.1, 0.15) is 24.5 Å². The molecule has 1 saturated carbocycles. The van der Waals surface area contributed by atoms with Gasteiger partial charge < -0.3 is 0 Å². The molecule has 1 aromatic carbocycles. The highest BCUT2D eigenvalue weighted by atomic mass is 32.2. The highest BCUT2D eigenvalue weighted by Gasteiger charge is 2.28. The summed E-state index contributed by atoms with van der Waals surface area (Å²) in [7, 11) is -2.53. The van der Waals surface area contributed by atoms with Crippen LogP contribution in [0.5, 0.6) is 0 Å². The van der Waals surface area contributed by atoms with E-state index in [1.54, 1.807) is 13.1 Å². The molecule has 1 aliphatic carbocycles. The van der Waals surface area contributed by atoms with E-state index in [1.807, 2.05) is 0 Å². The van der Waals surface area contributed by atoms with Gasteiger partial charge in [0.05, 0.1) is 5.69 Å². The molecular formula is C13H13F2N3O2S. The Hall–Kier alpha value is -1.96. The number of anilines is 1. The van der Waals surface area contributed by atoms with Crippen LogP contribution in [0.25, 0.3) is 0 Å². The molecule has 8 heteroatoms. The molecule has 2 aromatic rings. The van der Waals surface area contributed by atoms with E-state index in [9.17, 15) is 17.2 Å². The van der Waals surface area contributed by atoms with E-state index in [4.69, 9.17) is 0 Å². The van der Waals surface area contributed by atoms with Crippen LogP contribution in [0.4, 0.5) is 14.6 Å². The van der Waals surface area contributed by atoms with E-state index >= 15 is 0 Å². The molecule has 112 valence electrons. The lowest BCUT2D eigenvalue weighted by Crippen LogP contribution is -2.16. The third-order valence-electron chi connectivity index (χ3n) is 3.32. The summed E-state index contributed by atoms with van der Waals surface area (Å²) >= 11 is 0. The predicted molar refractivity (Wildman–Crippen MR) is 72.3 cm³/mol. The SMILES string of the molecule is Cn1nc(C2CC2)cc1NS(=O)(=O)c1ccc(F)cc1F. The van der Waals surface area contributed by atoms with Crippen LogP contribution >= 0.6 is 0 Å². The Morgan fingerprint density at radius 1 is 1.29 bits per heavy atom. The summed E-state index contributed by atoms with van der Waals surface area (Å²) in [5.41, 5.74) is 0.815. The van der Waals surface area contributed by atoms with E-state index in [-0.39, 0.29) is 5.82 Å². The largest absolute Gasteiger partial charge is 0.265 e. The maximum Gasteiger partial charge on any atom is 0.265 e. The number of halogens is 2. The second-order valence-corrected chi connectivity index (χ2v) is 6.68. The average Bonchev–Trinajstić information content (AvgIpc) is 3.15. The summed E-state index contributed by atoms with van der Waals surface area (Å²) in [5, 5.41) is 4.22. The summed E-state index contributed by atoms with van der Waals surface area (Å²) in [4.78, 5) is -0.599. The fourth-order valence-electron chi connectivity index (χ4n) is 2.05. The maximum absolute atomic E-state index is 13.6. The summed E-state index contributed by atoms with van der Waals surface area (Å²) in [5.74, 6) is -1.34. The maximum atomic E-state index is 13.6. The molecule has 0 saturated heterocycles. The Bertz CT molecular complexity index is 798. The van der Waals surface area contributed by atoms with Crippen molar-refractivity contribution in [2.75, 3.05) is 4.72 Å². The van der Waals surface area contributed by atoms with Gasteiger partial charge in [-0.2, -0.15) is 5.10 Å². The van der Waals surface area contributed by atoms with E-state index in [0.29, 0.717) is 12.0 Å². The molecule has 0 spiro atoms. The van der Waals surface area contributed by atoms with Gasteiger partial charge >= 0.3 is 0 Å². The summed E-state index contributed by atoms with van der Waals surface area (Å²) in [6, 6.07) is 3.96. The van der Waals surface area contributed by atoms with Crippen LogP contribution in [0.3, 0.4) is 0 Å². The zero-order valence-corrected chi connectivity index (χ0v) is 12.0. The van der Waals surface area contributed by atoms with Gasteiger partial charge in [-0.15, -0.1) is 0 Å². The van der Waals surface area contributed by atoms with Crippen molar-refractivity contribution in [3.8, 4) is 0 Å². The van der Waals surface area contributed by atoms with Gasteiger partial charge in [0.15, 0.2) is 0 Å². The number of benzene rings is 1. The summed E-state index contributed by atoms with van der Waals surface area (Å²) in [6.45, 7) is 0. The minimum Gasteiger partial charge on any atom is -0.263 e. The monoisotopic (exact) mass is 313 g/mol. The quantitative estimate of drug-likeness (QED) is 0.942. The Balaban J connectivity index is 1.92. The van der Waals surface area contributed by atoms with Gasteiger partial charge in [0.1, 0.15) is 22.3 Å². The molecule has 0 amide bonds. The number of aromatic nitrogens is 2. The lowest BCUT2D eigenvalue weighted by molar-refractivity contribution is 0.550. The zero-order valence-electron chi connectivity index (χ0n) is 11.2. The first-order valence-corrected chi connectivity index (χ1v) is 7.87. The molecule has 1 aliphatic rings. The molecule has 0 radical (unpaired) electrons. The van der Waals surface area contributed by atoms with Crippen molar-refractivity contribution < 1.29 is 17.2 Å². The summed E-state index contributed by atoms with van der Waals surface area (Å²) in [6.07, 6.45) is 2.07.